The minimum absolute atomic E-state index is 0.0509. The molecule has 1 atom stereocenters. The molecule has 138 valence electrons. The summed E-state index contributed by atoms with van der Waals surface area (Å²) in [5.41, 5.74) is 7.95. The van der Waals surface area contributed by atoms with Gasteiger partial charge >= 0.3 is 0 Å². The number of carbonyl (C=O) groups is 1. The molecule has 0 unspecified atom stereocenters. The predicted molar refractivity (Wildman–Crippen MR) is 98.9 cm³/mol. The fourth-order valence-electron chi connectivity index (χ4n) is 3.72. The zero-order chi connectivity index (χ0) is 18.1. The van der Waals surface area contributed by atoms with E-state index in [2.05, 4.69) is 33.9 Å². The molecule has 2 saturated heterocycles. The highest BCUT2D eigenvalue weighted by Gasteiger charge is 2.28. The first-order valence-electron chi connectivity index (χ1n) is 9.18. The Morgan fingerprint density at radius 3 is 2.36 bits per heavy atom. The van der Waals surface area contributed by atoms with Crippen molar-refractivity contribution in [3.05, 3.63) is 17.1 Å². The highest BCUT2D eigenvalue weighted by molar-refractivity contribution is 5.91. The summed E-state index contributed by atoms with van der Waals surface area (Å²) in [5, 5.41) is 0. The Bertz CT molecular complexity index is 639. The lowest BCUT2D eigenvalue weighted by Gasteiger charge is -2.35. The van der Waals surface area contributed by atoms with Gasteiger partial charge < -0.3 is 20.4 Å². The van der Waals surface area contributed by atoms with E-state index in [-0.39, 0.29) is 11.9 Å². The largest absolute Gasteiger partial charge is 0.355 e. The molecular formula is C18H30N6O. The van der Waals surface area contributed by atoms with Crippen LogP contribution in [0.2, 0.25) is 0 Å². The Morgan fingerprint density at radius 2 is 1.80 bits per heavy atom. The van der Waals surface area contributed by atoms with Crippen LogP contribution in [0.15, 0.2) is 0 Å². The van der Waals surface area contributed by atoms with Crippen molar-refractivity contribution in [2.45, 2.75) is 45.2 Å². The Balaban J connectivity index is 1.78. The Morgan fingerprint density at radius 1 is 1.12 bits per heavy atom. The van der Waals surface area contributed by atoms with Gasteiger partial charge in [0, 0.05) is 49.5 Å². The zero-order valence-corrected chi connectivity index (χ0v) is 15.8. The van der Waals surface area contributed by atoms with Crippen molar-refractivity contribution in [2.75, 3.05) is 45.2 Å². The Kier molecular flexibility index (Phi) is 5.24. The van der Waals surface area contributed by atoms with Crippen LogP contribution < -0.4 is 10.6 Å². The molecular weight excluding hydrogens is 316 g/mol. The van der Waals surface area contributed by atoms with Crippen LogP contribution >= 0.6 is 0 Å². The molecule has 1 amide bonds. The van der Waals surface area contributed by atoms with Gasteiger partial charge in [-0.25, -0.2) is 9.97 Å². The average molecular weight is 346 g/mol. The van der Waals surface area contributed by atoms with Crippen molar-refractivity contribution in [3.8, 4) is 0 Å². The summed E-state index contributed by atoms with van der Waals surface area (Å²) in [6, 6.07) is 0.727. The second-order valence-corrected chi connectivity index (χ2v) is 7.56. The van der Waals surface area contributed by atoms with Gasteiger partial charge in [-0.05, 0) is 47.2 Å². The minimum atomic E-state index is -0.0509. The highest BCUT2D eigenvalue weighted by atomic mass is 16.2. The van der Waals surface area contributed by atoms with Gasteiger partial charge in [0.15, 0.2) is 0 Å². The van der Waals surface area contributed by atoms with Gasteiger partial charge in [-0.1, -0.05) is 0 Å². The number of carbonyl (C=O) groups excluding carboxylic acids is 1. The van der Waals surface area contributed by atoms with Crippen LogP contribution in [-0.4, -0.2) is 78.0 Å². The summed E-state index contributed by atoms with van der Waals surface area (Å²) in [4.78, 5) is 28.4. The second kappa shape index (κ2) is 7.25. The molecule has 7 heteroatoms. The van der Waals surface area contributed by atoms with Crippen LogP contribution in [-0.2, 0) is 0 Å². The number of rotatable bonds is 3. The van der Waals surface area contributed by atoms with Crippen molar-refractivity contribution in [2.24, 2.45) is 5.73 Å². The summed E-state index contributed by atoms with van der Waals surface area (Å²) >= 11 is 0. The molecule has 0 saturated carbocycles. The molecule has 25 heavy (non-hydrogen) atoms. The number of nitrogens with two attached hydrogens (primary N) is 1. The third-order valence-corrected chi connectivity index (χ3v) is 5.56. The molecule has 3 heterocycles. The normalized spacial score (nSPS) is 22.1. The van der Waals surface area contributed by atoms with Gasteiger partial charge in [-0.3, -0.25) is 4.79 Å². The van der Waals surface area contributed by atoms with Crippen molar-refractivity contribution < 1.29 is 4.79 Å². The molecule has 0 radical (unpaired) electrons. The predicted octanol–water partition coefficient (Wildman–Crippen LogP) is 0.797. The molecule has 3 rings (SSSR count). The molecule has 0 spiro atoms. The number of aryl methyl sites for hydroxylation is 1. The lowest BCUT2D eigenvalue weighted by molar-refractivity contribution is 0.0651. The summed E-state index contributed by atoms with van der Waals surface area (Å²) in [6.07, 6.45) is 2.96. The van der Waals surface area contributed by atoms with Crippen LogP contribution in [0, 0.1) is 13.8 Å². The van der Waals surface area contributed by atoms with Crippen LogP contribution in [0.3, 0.4) is 0 Å². The Hall–Kier alpha value is -1.73. The first-order chi connectivity index (χ1) is 11.9. The minimum Gasteiger partial charge on any atom is -0.355 e. The van der Waals surface area contributed by atoms with E-state index in [1.165, 1.54) is 0 Å². The fraction of sp³-hybridized carbons (Fsp3) is 0.722. The average Bonchev–Trinajstić information content (AvgIpc) is 3.02. The van der Waals surface area contributed by atoms with Gasteiger partial charge in [0.05, 0.1) is 0 Å². The summed E-state index contributed by atoms with van der Waals surface area (Å²) in [7, 11) is 4.20. The first-order valence-corrected chi connectivity index (χ1v) is 9.18. The number of amides is 1. The molecule has 2 fully saturated rings. The smallest absolute Gasteiger partial charge is 0.291 e. The van der Waals surface area contributed by atoms with Crippen LogP contribution in [0.25, 0.3) is 0 Å². The lowest BCUT2D eigenvalue weighted by Crippen LogP contribution is -2.45. The topological polar surface area (TPSA) is 78.6 Å². The molecule has 7 nitrogen and oxygen atoms in total. The standard InChI is InChI=1S/C18H30N6O/c1-12-13(2)20-16(21-17(12)24-8-5-14(19)11-24)18(25)23-9-6-15(7-10-23)22(3)4/h14-15H,5-11,19H2,1-4H3/t14-/m1/s1. The van der Waals surface area contributed by atoms with Crippen LogP contribution in [0.4, 0.5) is 5.82 Å². The van der Waals surface area contributed by atoms with E-state index in [0.29, 0.717) is 11.9 Å². The molecule has 0 aromatic carbocycles. The molecule has 2 aliphatic rings. The van der Waals surface area contributed by atoms with E-state index >= 15 is 0 Å². The van der Waals surface area contributed by atoms with E-state index in [9.17, 15) is 4.79 Å². The molecule has 2 N–H and O–H groups in total. The Labute approximate surface area is 150 Å². The van der Waals surface area contributed by atoms with Gasteiger partial charge in [0.2, 0.25) is 5.82 Å². The maximum Gasteiger partial charge on any atom is 0.291 e. The van der Waals surface area contributed by atoms with Gasteiger partial charge in [0.1, 0.15) is 5.82 Å². The van der Waals surface area contributed by atoms with Gasteiger partial charge in [-0.15, -0.1) is 0 Å². The van der Waals surface area contributed by atoms with E-state index in [1.54, 1.807) is 0 Å². The molecule has 1 aromatic rings. The number of aromatic nitrogens is 2. The van der Waals surface area contributed by atoms with Gasteiger partial charge in [-0.2, -0.15) is 0 Å². The van der Waals surface area contributed by atoms with E-state index < -0.39 is 0 Å². The fourth-order valence-corrected chi connectivity index (χ4v) is 3.72. The molecule has 2 aliphatic heterocycles. The third kappa shape index (κ3) is 3.77. The van der Waals surface area contributed by atoms with Crippen LogP contribution in [0.1, 0.15) is 41.1 Å². The summed E-state index contributed by atoms with van der Waals surface area (Å²) in [6.45, 7) is 7.18. The van der Waals surface area contributed by atoms with Crippen molar-refractivity contribution in [3.63, 3.8) is 0 Å². The summed E-state index contributed by atoms with van der Waals surface area (Å²) in [5.74, 6) is 1.14. The highest BCUT2D eigenvalue weighted by Crippen LogP contribution is 2.24. The van der Waals surface area contributed by atoms with Crippen molar-refractivity contribution >= 4 is 11.7 Å². The molecule has 1 aromatic heterocycles. The summed E-state index contributed by atoms with van der Waals surface area (Å²) < 4.78 is 0. The maximum absolute atomic E-state index is 12.9. The van der Waals surface area contributed by atoms with Crippen molar-refractivity contribution in [1.82, 2.24) is 19.8 Å². The number of piperidine rings is 1. The zero-order valence-electron chi connectivity index (χ0n) is 15.8. The third-order valence-electron chi connectivity index (χ3n) is 5.56. The monoisotopic (exact) mass is 346 g/mol. The lowest BCUT2D eigenvalue weighted by atomic mass is 10.0. The van der Waals surface area contributed by atoms with E-state index in [0.717, 1.165) is 62.5 Å². The molecule has 0 aliphatic carbocycles. The maximum atomic E-state index is 12.9. The SMILES string of the molecule is Cc1nc(C(=O)N2CCC(N(C)C)CC2)nc(N2CC[C@@H](N)C2)c1C. The number of hydrogen-bond donors (Lipinski definition) is 1. The van der Waals surface area contributed by atoms with E-state index in [1.807, 2.05) is 18.7 Å². The first kappa shape index (κ1) is 18.1. The van der Waals surface area contributed by atoms with Crippen molar-refractivity contribution in [1.29, 1.82) is 0 Å². The van der Waals surface area contributed by atoms with Crippen LogP contribution in [0.5, 0.6) is 0 Å². The number of nitrogens with zero attached hydrogens (tertiary/aromatic N) is 5. The second-order valence-electron chi connectivity index (χ2n) is 7.56. The van der Waals surface area contributed by atoms with E-state index in [4.69, 9.17) is 5.73 Å². The molecule has 0 bridgehead atoms. The van der Waals surface area contributed by atoms with Gasteiger partial charge in [0.25, 0.3) is 5.91 Å². The quantitative estimate of drug-likeness (QED) is 0.872. The number of likely N-dealkylation sites (tertiary alicyclic amines) is 1. The number of hydrogen-bond acceptors (Lipinski definition) is 6. The number of anilines is 1.